The van der Waals surface area contributed by atoms with Gasteiger partial charge in [-0.1, -0.05) is 6.07 Å². The first kappa shape index (κ1) is 23.3. The van der Waals surface area contributed by atoms with Gasteiger partial charge in [0.25, 0.3) is 5.91 Å². The van der Waals surface area contributed by atoms with Crippen molar-refractivity contribution in [3.8, 4) is 5.88 Å². The first-order valence-electron chi connectivity index (χ1n) is 12.2. The van der Waals surface area contributed by atoms with Gasteiger partial charge in [-0.15, -0.1) is 0 Å². The predicted octanol–water partition coefficient (Wildman–Crippen LogP) is 3.36. The Morgan fingerprint density at radius 3 is 2.58 bits per heavy atom. The second kappa shape index (κ2) is 10.8. The van der Waals surface area contributed by atoms with Crippen molar-refractivity contribution in [3.63, 3.8) is 0 Å². The summed E-state index contributed by atoms with van der Waals surface area (Å²) in [5.74, 6) is 1.39. The average Bonchev–Trinajstić information content (AvgIpc) is 3.29. The second-order valence-electron chi connectivity index (χ2n) is 9.41. The molecular formula is C25H35N5O3. The number of carbonyl (C=O) groups is 2. The SMILES string of the molecule is CC(=O)NC1CCN(C(=O)c2ccn(CC[C@H]3CC[C@@H](Oc4ncccc4C)CC3)n2)CC1. The topological polar surface area (TPSA) is 89.4 Å². The summed E-state index contributed by atoms with van der Waals surface area (Å²) in [5, 5.41) is 7.48. The van der Waals surface area contributed by atoms with Crippen LogP contribution in [0.25, 0.3) is 0 Å². The maximum Gasteiger partial charge on any atom is 0.274 e. The van der Waals surface area contributed by atoms with Crippen LogP contribution in [0, 0.1) is 12.8 Å². The maximum atomic E-state index is 12.8. The Morgan fingerprint density at radius 1 is 1.12 bits per heavy atom. The molecule has 4 rings (SSSR count). The Kier molecular flexibility index (Phi) is 7.62. The quantitative estimate of drug-likeness (QED) is 0.694. The van der Waals surface area contributed by atoms with Gasteiger partial charge >= 0.3 is 0 Å². The molecule has 2 aromatic heterocycles. The number of hydrogen-bond donors (Lipinski definition) is 1. The van der Waals surface area contributed by atoms with Gasteiger partial charge in [-0.2, -0.15) is 5.10 Å². The standard InChI is InChI=1S/C25H35N5O3/c1-18-4-3-13-26-24(18)33-22-7-5-20(6-8-22)9-16-30-17-12-23(28-30)25(32)29-14-10-21(11-15-29)27-19(2)31/h3-4,12-13,17,20-22H,5-11,14-16H2,1-2H3,(H,27,31)/t20-,22+. The highest BCUT2D eigenvalue weighted by Gasteiger charge is 2.26. The van der Waals surface area contributed by atoms with Crippen molar-refractivity contribution in [2.24, 2.45) is 5.92 Å². The lowest BCUT2D eigenvalue weighted by Gasteiger charge is -2.31. The molecule has 8 nitrogen and oxygen atoms in total. The van der Waals surface area contributed by atoms with Crippen LogP contribution < -0.4 is 10.1 Å². The third-order valence-electron chi connectivity index (χ3n) is 6.85. The highest BCUT2D eigenvalue weighted by molar-refractivity contribution is 5.92. The Balaban J connectivity index is 1.19. The molecule has 33 heavy (non-hydrogen) atoms. The molecule has 178 valence electrons. The summed E-state index contributed by atoms with van der Waals surface area (Å²) < 4.78 is 8.02. The molecule has 0 spiro atoms. The van der Waals surface area contributed by atoms with E-state index in [4.69, 9.17) is 4.74 Å². The lowest BCUT2D eigenvalue weighted by atomic mass is 9.85. The van der Waals surface area contributed by atoms with Crippen molar-refractivity contribution >= 4 is 11.8 Å². The minimum atomic E-state index is -0.0162. The Morgan fingerprint density at radius 2 is 1.88 bits per heavy atom. The number of aromatic nitrogens is 3. The van der Waals surface area contributed by atoms with Crippen molar-refractivity contribution in [2.45, 2.75) is 77.5 Å². The first-order valence-corrected chi connectivity index (χ1v) is 12.2. The molecule has 1 aliphatic carbocycles. The van der Waals surface area contributed by atoms with E-state index in [1.54, 1.807) is 6.20 Å². The number of rotatable bonds is 7. The molecule has 3 heterocycles. The molecule has 1 saturated carbocycles. The van der Waals surface area contributed by atoms with Gasteiger partial charge in [0, 0.05) is 50.6 Å². The van der Waals surface area contributed by atoms with Gasteiger partial charge in [0.15, 0.2) is 0 Å². The monoisotopic (exact) mass is 453 g/mol. The van der Waals surface area contributed by atoms with E-state index in [0.717, 1.165) is 62.9 Å². The van der Waals surface area contributed by atoms with Gasteiger partial charge < -0.3 is 15.0 Å². The second-order valence-corrected chi connectivity index (χ2v) is 9.41. The van der Waals surface area contributed by atoms with Gasteiger partial charge in [-0.3, -0.25) is 14.3 Å². The molecular weight excluding hydrogens is 418 g/mol. The predicted molar refractivity (Wildman–Crippen MR) is 125 cm³/mol. The zero-order chi connectivity index (χ0) is 23.2. The highest BCUT2D eigenvalue weighted by Crippen LogP contribution is 2.30. The fourth-order valence-corrected chi connectivity index (χ4v) is 4.88. The van der Waals surface area contributed by atoms with Crippen LogP contribution in [0.1, 0.15) is 67.9 Å². The van der Waals surface area contributed by atoms with Crippen LogP contribution in [0.4, 0.5) is 0 Å². The number of pyridine rings is 1. The van der Waals surface area contributed by atoms with E-state index in [0.29, 0.717) is 24.7 Å². The molecule has 0 aromatic carbocycles. The van der Waals surface area contributed by atoms with Crippen LogP contribution in [0.15, 0.2) is 30.6 Å². The molecule has 1 aliphatic heterocycles. The summed E-state index contributed by atoms with van der Waals surface area (Å²) in [6, 6.07) is 5.95. The number of amides is 2. The lowest BCUT2D eigenvalue weighted by Crippen LogP contribution is -2.46. The smallest absolute Gasteiger partial charge is 0.274 e. The van der Waals surface area contributed by atoms with Gasteiger partial charge in [0.05, 0.1) is 0 Å². The number of aryl methyl sites for hydroxylation is 2. The number of piperidine rings is 1. The van der Waals surface area contributed by atoms with Crippen molar-refractivity contribution in [2.75, 3.05) is 13.1 Å². The van der Waals surface area contributed by atoms with Crippen LogP contribution in [-0.4, -0.2) is 56.7 Å². The van der Waals surface area contributed by atoms with Crippen molar-refractivity contribution in [1.29, 1.82) is 0 Å². The number of likely N-dealkylation sites (tertiary alicyclic amines) is 1. The van der Waals surface area contributed by atoms with Crippen molar-refractivity contribution in [3.05, 3.63) is 41.9 Å². The number of nitrogens with zero attached hydrogens (tertiary/aromatic N) is 4. The fraction of sp³-hybridized carbons (Fsp3) is 0.600. The summed E-state index contributed by atoms with van der Waals surface area (Å²) in [6.07, 6.45) is 11.0. The molecule has 0 bridgehead atoms. The van der Waals surface area contributed by atoms with Crippen molar-refractivity contribution < 1.29 is 14.3 Å². The zero-order valence-corrected chi connectivity index (χ0v) is 19.7. The zero-order valence-electron chi connectivity index (χ0n) is 19.7. The number of carbonyl (C=O) groups excluding carboxylic acids is 2. The third-order valence-corrected chi connectivity index (χ3v) is 6.85. The Bertz CT molecular complexity index is 943. The van der Waals surface area contributed by atoms with Crippen LogP contribution in [0.3, 0.4) is 0 Å². The highest BCUT2D eigenvalue weighted by atomic mass is 16.5. The average molecular weight is 454 g/mol. The molecule has 1 saturated heterocycles. The largest absolute Gasteiger partial charge is 0.474 e. The molecule has 1 N–H and O–H groups in total. The van der Waals surface area contributed by atoms with Crippen LogP contribution in [0.2, 0.25) is 0 Å². The van der Waals surface area contributed by atoms with E-state index in [-0.39, 0.29) is 24.0 Å². The van der Waals surface area contributed by atoms with E-state index in [2.05, 4.69) is 15.4 Å². The maximum absolute atomic E-state index is 12.8. The number of hydrogen-bond acceptors (Lipinski definition) is 5. The first-order chi connectivity index (χ1) is 16.0. The fourth-order valence-electron chi connectivity index (χ4n) is 4.88. The van der Waals surface area contributed by atoms with Gasteiger partial charge in [0.2, 0.25) is 11.8 Å². The van der Waals surface area contributed by atoms with Crippen LogP contribution in [-0.2, 0) is 11.3 Å². The van der Waals surface area contributed by atoms with E-state index >= 15 is 0 Å². The Labute approximate surface area is 195 Å². The molecule has 0 unspecified atom stereocenters. The van der Waals surface area contributed by atoms with Crippen molar-refractivity contribution in [1.82, 2.24) is 25.0 Å². The summed E-state index contributed by atoms with van der Waals surface area (Å²) >= 11 is 0. The minimum absolute atomic E-state index is 0.0113. The molecule has 8 heteroatoms. The molecule has 2 fully saturated rings. The molecule has 2 aromatic rings. The van der Waals surface area contributed by atoms with Gasteiger partial charge in [-0.05, 0) is 69.9 Å². The van der Waals surface area contributed by atoms with Gasteiger partial charge in [-0.25, -0.2) is 4.98 Å². The lowest BCUT2D eigenvalue weighted by molar-refractivity contribution is -0.119. The van der Waals surface area contributed by atoms with E-state index in [1.807, 2.05) is 40.9 Å². The summed E-state index contributed by atoms with van der Waals surface area (Å²) in [7, 11) is 0. The summed E-state index contributed by atoms with van der Waals surface area (Å²) in [6.45, 7) is 5.70. The van der Waals surface area contributed by atoms with E-state index < -0.39 is 0 Å². The number of ether oxygens (including phenoxy) is 1. The third kappa shape index (κ3) is 6.33. The van der Waals surface area contributed by atoms with Crippen LogP contribution >= 0.6 is 0 Å². The summed E-state index contributed by atoms with van der Waals surface area (Å²) in [4.78, 5) is 30.2. The Hall–Kier alpha value is -2.90. The molecule has 2 amide bonds. The van der Waals surface area contributed by atoms with Crippen LogP contribution in [0.5, 0.6) is 5.88 Å². The minimum Gasteiger partial charge on any atom is -0.474 e. The molecule has 0 radical (unpaired) electrons. The van der Waals surface area contributed by atoms with E-state index in [1.165, 1.54) is 6.92 Å². The summed E-state index contributed by atoms with van der Waals surface area (Å²) in [5.41, 5.74) is 1.59. The molecule has 0 atom stereocenters. The number of nitrogens with one attached hydrogen (secondary N) is 1. The normalized spacial score (nSPS) is 21.6. The van der Waals surface area contributed by atoms with Gasteiger partial charge in [0.1, 0.15) is 11.8 Å². The molecule has 2 aliphatic rings. The van der Waals surface area contributed by atoms with E-state index in [9.17, 15) is 9.59 Å².